The number of hydrogen-bond acceptors (Lipinski definition) is 17. The number of hydrogen-bond donors (Lipinski definition) is 9. The van der Waals surface area contributed by atoms with E-state index in [1.807, 2.05) is 71.1 Å². The molecule has 5 aromatic rings. The molecule has 4 aromatic carbocycles. The number of carbonyl (C=O) groups is 12. The fourth-order valence-corrected chi connectivity index (χ4v) is 16.4. The van der Waals surface area contributed by atoms with Crippen molar-refractivity contribution >= 4 is 81.7 Å². The average molecular weight is 1700 g/mol. The van der Waals surface area contributed by atoms with Gasteiger partial charge >= 0.3 is 0 Å². The highest BCUT2D eigenvalue weighted by Crippen LogP contribution is 2.33. The van der Waals surface area contributed by atoms with E-state index in [9.17, 15) is 29.1 Å². The van der Waals surface area contributed by atoms with Gasteiger partial charge in [-0.1, -0.05) is 73.5 Å². The summed E-state index contributed by atoms with van der Waals surface area (Å²) < 4.78 is 42.5. The van der Waals surface area contributed by atoms with Gasteiger partial charge in [-0.05, 0) is 135 Å². The predicted molar refractivity (Wildman–Crippen MR) is 453 cm³/mol. The molecule has 1 aromatic heterocycles. The molecule has 32 heteroatoms. The molecule has 31 nitrogen and oxygen atoms in total. The SMILES string of the molecule is COc1ccc(C[C@@H]2NC(=O)[C@H]([C@@H](C)O)NC(=O)[C@@H]3[C@@H]4CCN3C(=O)[C@@H]3Cc5cn(c6ccc(F)cc56)CCCCCCN(Cc5ccc(cc5)CCNC(=O)[C@]5(C)CCCN5C2=O)C(=O)CCC(=O)C[C@@H](CCCC[N+](C)(C)C)C(=O)N[C@H](CNC(=O)CCOCCOCC[N+](C)(C)C)C(=O)NC(Cc2cccc(c2)CNC(=O)CO4)C(=O)N3)cc1. The van der Waals surface area contributed by atoms with Crippen molar-refractivity contribution in [3.8, 4) is 5.75 Å². The zero-order valence-corrected chi connectivity index (χ0v) is 72.3. The molecule has 2 saturated heterocycles. The standard InChI is InChI=1S/C90H125FN14O17/c1-59(106)80-85(114)97-72(49-61-25-29-69(119-9)30-26-61)88(117)103-40-17-36-90(103,2)89(118)92-37-33-60-21-23-62(24-22-60)56-101-39-14-11-10-13-38-100-57-66(70-53-67(91)27-31-75(70)100)52-73-87(116)102-41-34-76(81(102)86(115)99-80)122-58-78(109)93-54-64-19-16-18-63(48-64)50-71(83(112)96-73)95-84(113)74(55-94-77(108)35-44-120-46-47-121-45-43-105(6,7)8)98-82(111)65(20-12-15-42-104(3,4)5)51-68(107)28-32-79(101)110/h16,18-19,21-27,29-31,48,53,57,59,65,71-74,76,80-81,106H,10-15,17,20,28,32-47,49-52,54-56,58H2,1-9H3,(H6-2,92,93,94,95,96,97,98,99,108,109,111,112,113,114,115,118)/p+2/t59-,65-,71?,72+,73+,74-,76+,80+,81+,90+/m1/s1. The number of unbranched alkanes of at least 4 members (excludes halogenated alkanes) is 1. The van der Waals surface area contributed by atoms with Crippen LogP contribution in [0.25, 0.3) is 10.9 Å². The molecule has 0 aliphatic carbocycles. The summed E-state index contributed by atoms with van der Waals surface area (Å²) in [6.45, 7) is 4.96. The Morgan fingerprint density at radius 1 is 0.656 bits per heavy atom. The quantitative estimate of drug-likeness (QED) is 0.0398. The number of ketones is 1. The Balaban J connectivity index is 1.08. The Hall–Kier alpha value is -10.3. The number of aromatic nitrogens is 1. The predicted octanol–water partition coefficient (Wildman–Crippen LogP) is 3.37. The molecule has 6 aliphatic rings. The van der Waals surface area contributed by atoms with Gasteiger partial charge in [-0.2, -0.15) is 0 Å². The first-order valence-electron chi connectivity index (χ1n) is 43.1. The monoisotopic (exact) mass is 1690 g/mol. The van der Waals surface area contributed by atoms with Crippen molar-refractivity contribution in [2.75, 3.05) is 128 Å². The Morgan fingerprint density at radius 2 is 1.36 bits per heavy atom. The number of amides is 11. The van der Waals surface area contributed by atoms with E-state index < -0.39 is 138 Å². The number of carbonyl (C=O) groups excluding carboxylic acids is 12. The molecule has 10 atom stereocenters. The van der Waals surface area contributed by atoms with E-state index in [0.29, 0.717) is 119 Å². The normalized spacial score (nSPS) is 24.1. The Labute approximate surface area is 714 Å². The second-order valence-electron chi connectivity index (χ2n) is 35.3. The van der Waals surface area contributed by atoms with E-state index in [4.69, 9.17) is 18.9 Å². The van der Waals surface area contributed by atoms with Crippen LogP contribution in [0.3, 0.4) is 0 Å². The summed E-state index contributed by atoms with van der Waals surface area (Å²) >= 11 is 0. The van der Waals surface area contributed by atoms with Crippen molar-refractivity contribution in [2.24, 2.45) is 5.92 Å². The fraction of sp³-hybridized carbons (Fsp3) is 0.578. The van der Waals surface area contributed by atoms with Crippen LogP contribution in [-0.4, -0.2) is 286 Å². The number of likely N-dealkylation sites (N-methyl/N-ethyl adjacent to an activating group) is 1. The van der Waals surface area contributed by atoms with Gasteiger partial charge in [0.2, 0.25) is 65.0 Å². The van der Waals surface area contributed by atoms with Crippen LogP contribution >= 0.6 is 0 Å². The number of quaternary nitrogens is 2. The smallest absolute Gasteiger partial charge is 0.246 e. The van der Waals surface area contributed by atoms with Gasteiger partial charge in [-0.15, -0.1) is 0 Å². The van der Waals surface area contributed by atoms with Crippen molar-refractivity contribution in [1.82, 2.24) is 61.8 Å². The lowest BCUT2D eigenvalue weighted by Gasteiger charge is -2.37. The molecule has 6 aliphatic heterocycles. The lowest BCUT2D eigenvalue weighted by Crippen LogP contribution is -2.64. The third-order valence-corrected chi connectivity index (χ3v) is 23.5. The van der Waals surface area contributed by atoms with E-state index in [1.54, 1.807) is 72.6 Å². The first kappa shape index (κ1) is 94.0. The lowest BCUT2D eigenvalue weighted by molar-refractivity contribution is -0.870. The van der Waals surface area contributed by atoms with Gasteiger partial charge in [-0.3, -0.25) is 57.5 Å². The van der Waals surface area contributed by atoms with Gasteiger partial charge in [0.15, 0.2) is 0 Å². The zero-order valence-electron chi connectivity index (χ0n) is 72.3. The van der Waals surface area contributed by atoms with Crippen molar-refractivity contribution in [1.29, 1.82) is 0 Å². The first-order valence-corrected chi connectivity index (χ1v) is 43.1. The van der Waals surface area contributed by atoms with Crippen LogP contribution < -0.4 is 47.3 Å². The molecule has 2 fully saturated rings. The Morgan fingerprint density at radius 3 is 2.09 bits per heavy atom. The molecular formula is C90H127FN14O17+2. The summed E-state index contributed by atoms with van der Waals surface area (Å²) in [6.07, 6.45) is 1.82. The van der Waals surface area contributed by atoms with Crippen molar-refractivity contribution in [2.45, 2.75) is 203 Å². The highest BCUT2D eigenvalue weighted by atomic mass is 19.1. The lowest BCUT2D eigenvalue weighted by atomic mass is 9.93. The third kappa shape index (κ3) is 27.4. The van der Waals surface area contributed by atoms with Crippen LogP contribution in [0.15, 0.2) is 97.2 Å². The van der Waals surface area contributed by atoms with Crippen LogP contribution in [0.2, 0.25) is 0 Å². The summed E-state index contributed by atoms with van der Waals surface area (Å²) in [5.74, 6) is -9.75. The number of Topliss-reactive ketones (excluding diaryl/α,β-unsaturated/α-hetero) is 1. The van der Waals surface area contributed by atoms with Gasteiger partial charge in [0.05, 0.1) is 94.6 Å². The number of aryl methyl sites for hydroxylation is 1. The van der Waals surface area contributed by atoms with Crippen LogP contribution in [0.5, 0.6) is 5.75 Å². The molecule has 122 heavy (non-hydrogen) atoms. The van der Waals surface area contributed by atoms with Gasteiger partial charge in [0, 0.05) is 120 Å². The van der Waals surface area contributed by atoms with E-state index in [2.05, 4.69) is 42.5 Å². The number of nitrogens with one attached hydrogen (secondary N) is 8. The summed E-state index contributed by atoms with van der Waals surface area (Å²) in [6, 6.07) is 15.4. The van der Waals surface area contributed by atoms with Gasteiger partial charge in [0.25, 0.3) is 0 Å². The molecule has 12 bridgehead atoms. The summed E-state index contributed by atoms with van der Waals surface area (Å²) in [5.41, 5.74) is 2.76. The minimum atomic E-state index is -1.86. The summed E-state index contributed by atoms with van der Waals surface area (Å²) in [7, 11) is 13.7. The molecule has 11 rings (SSSR count). The zero-order chi connectivity index (χ0) is 87.8. The van der Waals surface area contributed by atoms with Gasteiger partial charge < -0.3 is 94.8 Å². The molecule has 664 valence electrons. The maximum Gasteiger partial charge on any atom is 0.246 e. The average Bonchev–Trinajstić information content (AvgIpc) is 1.61. The highest BCUT2D eigenvalue weighted by molar-refractivity contribution is 6.00. The number of ether oxygens (including phenoxy) is 4. The minimum Gasteiger partial charge on any atom is -0.497 e. The number of halogens is 1. The van der Waals surface area contributed by atoms with E-state index in [1.165, 1.54) is 31.1 Å². The van der Waals surface area contributed by atoms with E-state index in [-0.39, 0.29) is 128 Å². The number of benzene rings is 4. The van der Waals surface area contributed by atoms with Crippen LogP contribution in [0.1, 0.15) is 137 Å². The molecule has 0 saturated carbocycles. The second kappa shape index (κ2) is 44.2. The number of methoxy groups -OCH3 is 1. The number of rotatable bonds is 20. The molecule has 0 radical (unpaired) electrons. The minimum absolute atomic E-state index is 0.0349. The molecule has 11 amide bonds. The maximum absolute atomic E-state index is 16.4. The third-order valence-electron chi connectivity index (χ3n) is 23.5. The van der Waals surface area contributed by atoms with Crippen molar-refractivity contribution in [3.05, 3.63) is 136 Å². The van der Waals surface area contributed by atoms with Crippen molar-refractivity contribution < 1.29 is 94.9 Å². The molecule has 9 N–H and O–H groups in total. The topological polar surface area (TPSA) is 373 Å². The van der Waals surface area contributed by atoms with Gasteiger partial charge in [-0.25, -0.2) is 4.39 Å². The summed E-state index contributed by atoms with van der Waals surface area (Å²) in [4.78, 5) is 186. The van der Waals surface area contributed by atoms with Crippen LogP contribution in [0.4, 0.5) is 4.39 Å². The molecular weight excluding hydrogens is 1570 g/mol. The summed E-state index contributed by atoms with van der Waals surface area (Å²) in [5, 5.41) is 34.9. The fourth-order valence-electron chi connectivity index (χ4n) is 16.4. The highest BCUT2D eigenvalue weighted by Gasteiger charge is 2.50. The van der Waals surface area contributed by atoms with Crippen molar-refractivity contribution in [3.63, 3.8) is 0 Å². The van der Waals surface area contributed by atoms with Crippen LogP contribution in [-0.2, 0) is 117 Å². The second-order valence-corrected chi connectivity index (χ2v) is 35.3. The van der Waals surface area contributed by atoms with E-state index >= 15 is 38.0 Å². The number of fused-ring (bicyclic) bond motifs is 16. The number of nitrogens with zero attached hydrogens (tertiary/aromatic N) is 6. The van der Waals surface area contributed by atoms with Gasteiger partial charge in [0.1, 0.15) is 72.3 Å². The maximum atomic E-state index is 16.4. The molecule has 0 spiro atoms. The number of aliphatic hydroxyl groups excluding tert-OH is 1. The molecule has 7 heterocycles. The van der Waals surface area contributed by atoms with E-state index in [0.717, 1.165) is 29.1 Å². The largest absolute Gasteiger partial charge is 0.497 e. The molecule has 1 unspecified atom stereocenters. The number of aliphatic hydroxyl groups is 1. The Bertz CT molecular complexity index is 4470. The Kier molecular flexibility index (Phi) is 34.0. The first-order chi connectivity index (χ1) is 58.2. The van der Waals surface area contributed by atoms with Crippen LogP contribution in [0, 0.1) is 11.7 Å².